The molecule has 0 atom stereocenters. The summed E-state index contributed by atoms with van der Waals surface area (Å²) in [5.41, 5.74) is 0.406. The third kappa shape index (κ3) is 4.87. The molecule has 0 radical (unpaired) electrons. The summed E-state index contributed by atoms with van der Waals surface area (Å²) in [5.74, 6) is -0.383. The smallest absolute Gasteiger partial charge is 0.411 e. The highest BCUT2D eigenvalue weighted by molar-refractivity contribution is 5.84. The van der Waals surface area contributed by atoms with Crippen LogP contribution in [-0.4, -0.2) is 37.2 Å². The fourth-order valence-electron chi connectivity index (χ4n) is 2.17. The molecule has 0 unspecified atom stereocenters. The van der Waals surface area contributed by atoms with E-state index in [1.54, 1.807) is 12.1 Å². The van der Waals surface area contributed by atoms with Gasteiger partial charge < -0.3 is 4.74 Å². The van der Waals surface area contributed by atoms with Crippen LogP contribution in [0.4, 0.5) is 14.9 Å². The second-order valence-corrected chi connectivity index (χ2v) is 4.67. The molecule has 1 saturated heterocycles. The molecule has 1 aromatic carbocycles. The first-order valence-electron chi connectivity index (χ1n) is 6.66. The van der Waals surface area contributed by atoms with Gasteiger partial charge in [-0.25, -0.2) is 9.18 Å². The fourth-order valence-corrected chi connectivity index (χ4v) is 2.17. The van der Waals surface area contributed by atoms with Crippen LogP contribution in [0.15, 0.2) is 24.3 Å². The summed E-state index contributed by atoms with van der Waals surface area (Å²) in [5, 5.41) is 2.50. The predicted molar refractivity (Wildman–Crippen MR) is 71.7 cm³/mol. The van der Waals surface area contributed by atoms with Crippen molar-refractivity contribution in [3.63, 3.8) is 0 Å². The van der Waals surface area contributed by atoms with Gasteiger partial charge >= 0.3 is 6.09 Å². The van der Waals surface area contributed by atoms with Crippen LogP contribution >= 0.6 is 0 Å². The van der Waals surface area contributed by atoms with Gasteiger partial charge in [0.05, 0.1) is 0 Å². The Morgan fingerprint density at radius 1 is 1.32 bits per heavy atom. The molecular formula is C14H19FN2O2. The highest BCUT2D eigenvalue weighted by Gasteiger charge is 2.10. The van der Waals surface area contributed by atoms with Crippen molar-refractivity contribution in [2.75, 3.05) is 31.6 Å². The summed E-state index contributed by atoms with van der Waals surface area (Å²) in [6, 6.07) is 5.74. The largest absolute Gasteiger partial charge is 0.448 e. The molecule has 0 aliphatic carbocycles. The van der Waals surface area contributed by atoms with E-state index in [1.807, 2.05) is 0 Å². The molecular weight excluding hydrogens is 247 g/mol. The number of carbonyl (C=O) groups is 1. The van der Waals surface area contributed by atoms with Crippen molar-refractivity contribution in [1.29, 1.82) is 0 Å². The van der Waals surface area contributed by atoms with E-state index in [0.29, 0.717) is 12.3 Å². The quantitative estimate of drug-likeness (QED) is 0.911. The lowest BCUT2D eigenvalue weighted by Gasteiger charge is -2.25. The lowest BCUT2D eigenvalue weighted by atomic mass is 10.1. The average Bonchev–Trinajstić information content (AvgIpc) is 2.40. The Kier molecular flexibility index (Phi) is 5.15. The van der Waals surface area contributed by atoms with E-state index in [9.17, 15) is 9.18 Å². The van der Waals surface area contributed by atoms with Gasteiger partial charge in [0.2, 0.25) is 0 Å². The second kappa shape index (κ2) is 7.09. The monoisotopic (exact) mass is 266 g/mol. The van der Waals surface area contributed by atoms with Crippen molar-refractivity contribution in [2.45, 2.75) is 19.3 Å². The van der Waals surface area contributed by atoms with E-state index in [0.717, 1.165) is 19.6 Å². The van der Waals surface area contributed by atoms with Gasteiger partial charge in [0.15, 0.2) is 0 Å². The zero-order valence-corrected chi connectivity index (χ0v) is 10.9. The lowest BCUT2D eigenvalue weighted by molar-refractivity contribution is 0.131. The van der Waals surface area contributed by atoms with E-state index in [2.05, 4.69) is 10.2 Å². The molecule has 1 heterocycles. The zero-order chi connectivity index (χ0) is 13.5. The minimum Gasteiger partial charge on any atom is -0.448 e. The zero-order valence-electron chi connectivity index (χ0n) is 10.9. The van der Waals surface area contributed by atoms with Crippen LogP contribution < -0.4 is 5.32 Å². The number of anilines is 1. The summed E-state index contributed by atoms with van der Waals surface area (Å²) >= 11 is 0. The number of ether oxygens (including phenoxy) is 1. The van der Waals surface area contributed by atoms with E-state index < -0.39 is 6.09 Å². The van der Waals surface area contributed by atoms with Gasteiger partial charge in [-0.3, -0.25) is 10.2 Å². The van der Waals surface area contributed by atoms with Gasteiger partial charge in [-0.1, -0.05) is 12.5 Å². The number of nitrogens with one attached hydrogen (secondary N) is 1. The van der Waals surface area contributed by atoms with Gasteiger partial charge in [-0.15, -0.1) is 0 Å². The molecule has 0 bridgehead atoms. The van der Waals surface area contributed by atoms with E-state index >= 15 is 0 Å². The summed E-state index contributed by atoms with van der Waals surface area (Å²) < 4.78 is 18.0. The summed E-state index contributed by atoms with van der Waals surface area (Å²) in [6.07, 6.45) is 3.19. The molecule has 1 fully saturated rings. The Bertz CT molecular complexity index is 420. The lowest BCUT2D eigenvalue weighted by Crippen LogP contribution is -2.33. The number of hydrogen-bond donors (Lipinski definition) is 1. The van der Waals surface area contributed by atoms with Crippen LogP contribution in [0.1, 0.15) is 19.3 Å². The molecule has 1 aliphatic rings. The molecule has 1 N–H and O–H groups in total. The number of carbonyl (C=O) groups excluding carboxylic acids is 1. The van der Waals surface area contributed by atoms with Crippen LogP contribution in [0.2, 0.25) is 0 Å². The molecule has 19 heavy (non-hydrogen) atoms. The molecule has 0 spiro atoms. The summed E-state index contributed by atoms with van der Waals surface area (Å²) in [7, 11) is 0. The fraction of sp³-hybridized carbons (Fsp3) is 0.500. The molecule has 5 heteroatoms. The van der Waals surface area contributed by atoms with Gasteiger partial charge in [-0.05, 0) is 44.1 Å². The minimum atomic E-state index is -0.539. The third-order valence-corrected chi connectivity index (χ3v) is 3.16. The number of likely N-dealkylation sites (tertiary alicyclic amines) is 1. The van der Waals surface area contributed by atoms with Crippen LogP contribution in [0.25, 0.3) is 0 Å². The highest BCUT2D eigenvalue weighted by atomic mass is 19.1. The molecule has 0 saturated carbocycles. The Morgan fingerprint density at radius 3 is 2.84 bits per heavy atom. The Morgan fingerprint density at radius 2 is 2.11 bits per heavy atom. The van der Waals surface area contributed by atoms with E-state index in [4.69, 9.17) is 4.74 Å². The van der Waals surface area contributed by atoms with Gasteiger partial charge in [0, 0.05) is 12.2 Å². The molecule has 1 aliphatic heterocycles. The molecule has 104 valence electrons. The van der Waals surface area contributed by atoms with Crippen LogP contribution in [-0.2, 0) is 4.74 Å². The van der Waals surface area contributed by atoms with Crippen molar-refractivity contribution in [1.82, 2.24) is 4.90 Å². The van der Waals surface area contributed by atoms with Gasteiger partial charge in [0.25, 0.3) is 0 Å². The van der Waals surface area contributed by atoms with Gasteiger partial charge in [0.1, 0.15) is 12.4 Å². The number of halogens is 1. The van der Waals surface area contributed by atoms with Crippen molar-refractivity contribution in [3.8, 4) is 0 Å². The van der Waals surface area contributed by atoms with Crippen molar-refractivity contribution in [3.05, 3.63) is 30.1 Å². The maximum Gasteiger partial charge on any atom is 0.411 e. The maximum atomic E-state index is 12.9. The molecule has 1 amide bonds. The summed E-state index contributed by atoms with van der Waals surface area (Å²) in [4.78, 5) is 13.8. The number of nitrogens with zero attached hydrogens (tertiary/aromatic N) is 1. The van der Waals surface area contributed by atoms with Crippen molar-refractivity contribution >= 4 is 11.8 Å². The number of hydrogen-bond acceptors (Lipinski definition) is 3. The van der Waals surface area contributed by atoms with Gasteiger partial charge in [-0.2, -0.15) is 0 Å². The molecule has 0 aromatic heterocycles. The number of amides is 1. The van der Waals surface area contributed by atoms with Crippen molar-refractivity contribution in [2.24, 2.45) is 0 Å². The second-order valence-electron chi connectivity index (χ2n) is 4.67. The van der Waals surface area contributed by atoms with E-state index in [-0.39, 0.29) is 5.82 Å². The standard InChI is InChI=1S/C14H19FN2O2/c15-12-5-4-6-13(11-12)16-14(18)19-10-9-17-7-2-1-3-8-17/h4-6,11H,1-3,7-10H2,(H,16,18). The number of benzene rings is 1. The average molecular weight is 266 g/mol. The normalized spacial score (nSPS) is 16.1. The minimum absolute atomic E-state index is 0.362. The number of rotatable bonds is 4. The van der Waals surface area contributed by atoms with Crippen LogP contribution in [0, 0.1) is 5.82 Å². The first kappa shape index (κ1) is 13.8. The Hall–Kier alpha value is -1.62. The molecule has 2 rings (SSSR count). The number of piperidine rings is 1. The third-order valence-electron chi connectivity index (χ3n) is 3.16. The maximum absolute atomic E-state index is 12.9. The van der Waals surface area contributed by atoms with Crippen LogP contribution in [0.5, 0.6) is 0 Å². The van der Waals surface area contributed by atoms with Crippen molar-refractivity contribution < 1.29 is 13.9 Å². The van der Waals surface area contributed by atoms with E-state index in [1.165, 1.54) is 31.4 Å². The first-order valence-corrected chi connectivity index (χ1v) is 6.66. The predicted octanol–water partition coefficient (Wildman–Crippen LogP) is 2.86. The SMILES string of the molecule is O=C(Nc1cccc(F)c1)OCCN1CCCCC1. The molecule has 1 aromatic rings. The Balaban J connectivity index is 1.67. The van der Waals surface area contributed by atoms with Crippen LogP contribution in [0.3, 0.4) is 0 Å². The summed E-state index contributed by atoms with van der Waals surface area (Å²) in [6.45, 7) is 3.28. The highest BCUT2D eigenvalue weighted by Crippen LogP contribution is 2.10. The molecule has 4 nitrogen and oxygen atoms in total. The topological polar surface area (TPSA) is 41.6 Å². The first-order chi connectivity index (χ1) is 9.24. The Labute approximate surface area is 112 Å².